The van der Waals surface area contributed by atoms with Crippen LogP contribution in [0.15, 0.2) is 66.1 Å². The third-order valence-corrected chi connectivity index (χ3v) is 7.45. The first kappa shape index (κ1) is 26.9. The number of aryl methyl sites for hydroxylation is 1. The summed E-state index contributed by atoms with van der Waals surface area (Å²) in [5.74, 6) is 0.0789. The Hall–Kier alpha value is -2.16. The second-order valence-corrected chi connectivity index (χ2v) is 11.8. The van der Waals surface area contributed by atoms with Crippen molar-refractivity contribution in [2.45, 2.75) is 16.9 Å². The Morgan fingerprint density at radius 1 is 1.06 bits per heavy atom. The first-order valence-electron chi connectivity index (χ1n) is 11.4. The summed E-state index contributed by atoms with van der Waals surface area (Å²) in [6.45, 7) is 8.39. The Morgan fingerprint density at radius 2 is 1.72 bits per heavy atom. The lowest BCUT2D eigenvalue weighted by molar-refractivity contribution is -0.127. The lowest BCUT2D eigenvalue weighted by Gasteiger charge is -2.44. The number of amides is 2. The summed E-state index contributed by atoms with van der Waals surface area (Å²) in [7, 11) is 0. The third-order valence-electron chi connectivity index (χ3n) is 5.98. The Balaban J connectivity index is 1.54. The molecule has 0 bridgehead atoms. The summed E-state index contributed by atoms with van der Waals surface area (Å²) in [6.07, 6.45) is 2.23. The predicted molar refractivity (Wildman–Crippen MR) is 149 cm³/mol. The fraction of sp³-hybridized carbons (Fsp3) is 0.308. The fourth-order valence-electron chi connectivity index (χ4n) is 4.21. The van der Waals surface area contributed by atoms with Crippen molar-refractivity contribution < 1.29 is 14.3 Å². The number of benzene rings is 2. The Labute approximate surface area is 230 Å². The van der Waals surface area contributed by atoms with Crippen molar-refractivity contribution in [1.82, 2.24) is 9.80 Å². The van der Waals surface area contributed by atoms with Crippen LogP contribution in [-0.2, 0) is 4.79 Å². The molecule has 190 valence electrons. The molecule has 2 aliphatic heterocycles. The summed E-state index contributed by atoms with van der Waals surface area (Å²) >= 11 is 20.0. The molecule has 0 N–H and O–H groups in total. The van der Waals surface area contributed by atoms with Crippen LogP contribution in [0.1, 0.15) is 11.1 Å². The molecule has 4 rings (SSSR count). The number of anilines is 1. The highest BCUT2D eigenvalue weighted by Gasteiger charge is 2.51. The smallest absolute Gasteiger partial charge is 0.295 e. The van der Waals surface area contributed by atoms with Gasteiger partial charge in [-0.3, -0.25) is 14.5 Å². The highest BCUT2D eigenvalue weighted by atomic mass is 35.6. The van der Waals surface area contributed by atoms with Crippen LogP contribution in [-0.4, -0.2) is 63.7 Å². The van der Waals surface area contributed by atoms with Gasteiger partial charge in [0.1, 0.15) is 18.5 Å². The molecule has 2 fully saturated rings. The number of piperazine rings is 1. The summed E-state index contributed by atoms with van der Waals surface area (Å²) in [4.78, 5) is 31.9. The Morgan fingerprint density at radius 3 is 2.36 bits per heavy atom. The number of alkyl halides is 3. The molecule has 2 saturated heterocycles. The van der Waals surface area contributed by atoms with Crippen molar-refractivity contribution in [2.75, 3.05) is 37.7 Å². The van der Waals surface area contributed by atoms with Crippen LogP contribution < -0.4 is 9.64 Å². The van der Waals surface area contributed by atoms with E-state index in [1.54, 1.807) is 18.2 Å². The van der Waals surface area contributed by atoms with Crippen LogP contribution >= 0.6 is 46.6 Å². The van der Waals surface area contributed by atoms with Gasteiger partial charge in [-0.1, -0.05) is 83.4 Å². The zero-order valence-corrected chi connectivity index (χ0v) is 22.8. The number of ether oxygens (including phenoxy) is 1. The van der Waals surface area contributed by atoms with Gasteiger partial charge in [-0.05, 0) is 43.0 Å². The average Bonchev–Trinajstić information content (AvgIpc) is 3.11. The summed E-state index contributed by atoms with van der Waals surface area (Å²) in [5.41, 5.74) is 2.97. The molecule has 2 heterocycles. The minimum Gasteiger partial charge on any atom is -0.489 e. The van der Waals surface area contributed by atoms with Crippen molar-refractivity contribution in [3.8, 4) is 5.75 Å². The van der Waals surface area contributed by atoms with E-state index in [1.165, 1.54) is 5.56 Å². The van der Waals surface area contributed by atoms with E-state index >= 15 is 0 Å². The molecule has 0 spiro atoms. The van der Waals surface area contributed by atoms with Crippen molar-refractivity contribution >= 4 is 69.5 Å². The standard InChI is InChI=1S/C26H26Cl3N3O3S/c1-3-16-35-21-7-5-4-6-19(21)17-22-23(33)32(25(34)36-22)24(26(27,28)29)31-14-12-30(13-15-31)20-10-8-18(2)9-11-20/h3-11,17,24H,1,12-16H2,2H3/b22-17+/t24-/m0/s1. The van der Waals surface area contributed by atoms with Crippen molar-refractivity contribution in [1.29, 1.82) is 0 Å². The van der Waals surface area contributed by atoms with Gasteiger partial charge < -0.3 is 9.64 Å². The number of nitrogens with zero attached hydrogens (tertiary/aromatic N) is 3. The molecule has 36 heavy (non-hydrogen) atoms. The number of para-hydroxylation sites is 1. The molecule has 0 aliphatic carbocycles. The fourth-order valence-corrected chi connectivity index (χ4v) is 5.76. The number of hydrogen-bond acceptors (Lipinski definition) is 6. The minimum absolute atomic E-state index is 0.243. The van der Waals surface area contributed by atoms with Gasteiger partial charge in [0, 0.05) is 37.4 Å². The van der Waals surface area contributed by atoms with Gasteiger partial charge in [0.2, 0.25) is 3.79 Å². The SMILES string of the molecule is C=CCOc1ccccc1/C=C1/SC(=O)N([C@H](N2CCN(c3ccc(C)cc3)CC2)C(Cl)(Cl)Cl)C1=O. The molecular weight excluding hydrogens is 541 g/mol. The zero-order valence-electron chi connectivity index (χ0n) is 19.7. The van der Waals surface area contributed by atoms with Gasteiger partial charge in [-0.25, -0.2) is 4.90 Å². The maximum Gasteiger partial charge on any atom is 0.295 e. The molecule has 2 amide bonds. The largest absolute Gasteiger partial charge is 0.489 e. The number of imide groups is 1. The summed E-state index contributed by atoms with van der Waals surface area (Å²) in [5, 5.41) is -0.479. The first-order chi connectivity index (χ1) is 17.2. The monoisotopic (exact) mass is 565 g/mol. The molecule has 2 aromatic carbocycles. The summed E-state index contributed by atoms with van der Waals surface area (Å²) in [6, 6.07) is 15.5. The molecule has 0 unspecified atom stereocenters. The molecular formula is C26H26Cl3N3O3S. The number of carbonyl (C=O) groups excluding carboxylic acids is 2. The Kier molecular flexibility index (Phi) is 8.58. The molecule has 2 aromatic rings. The van der Waals surface area contributed by atoms with E-state index in [1.807, 2.05) is 30.0 Å². The van der Waals surface area contributed by atoms with Gasteiger partial charge >= 0.3 is 0 Å². The number of hydrogen-bond donors (Lipinski definition) is 0. The summed E-state index contributed by atoms with van der Waals surface area (Å²) < 4.78 is 3.79. The molecule has 2 aliphatic rings. The van der Waals surface area contributed by atoms with E-state index in [4.69, 9.17) is 39.5 Å². The molecule has 10 heteroatoms. The molecule has 0 saturated carbocycles. The van der Waals surface area contributed by atoms with Crippen molar-refractivity contribution in [2.24, 2.45) is 0 Å². The van der Waals surface area contributed by atoms with Crippen LogP contribution in [0.5, 0.6) is 5.75 Å². The molecule has 0 radical (unpaired) electrons. The van der Waals surface area contributed by atoms with Gasteiger partial charge in [-0.2, -0.15) is 0 Å². The molecule has 6 nitrogen and oxygen atoms in total. The van der Waals surface area contributed by atoms with Crippen LogP contribution in [0.4, 0.5) is 10.5 Å². The van der Waals surface area contributed by atoms with Gasteiger partial charge in [-0.15, -0.1) is 0 Å². The topological polar surface area (TPSA) is 53.1 Å². The van der Waals surface area contributed by atoms with E-state index in [0.717, 1.165) is 22.3 Å². The van der Waals surface area contributed by atoms with E-state index in [9.17, 15) is 9.59 Å². The van der Waals surface area contributed by atoms with E-state index in [0.29, 0.717) is 44.1 Å². The normalized spacial score (nSPS) is 19.2. The van der Waals surface area contributed by atoms with Crippen LogP contribution in [0.3, 0.4) is 0 Å². The predicted octanol–water partition coefficient (Wildman–Crippen LogP) is 6.11. The van der Waals surface area contributed by atoms with Gasteiger partial charge in [0.05, 0.1) is 4.91 Å². The van der Waals surface area contributed by atoms with E-state index < -0.39 is 21.1 Å². The second-order valence-electron chi connectivity index (χ2n) is 8.46. The van der Waals surface area contributed by atoms with E-state index in [2.05, 4.69) is 35.7 Å². The van der Waals surface area contributed by atoms with Gasteiger partial charge in [0.15, 0.2) is 0 Å². The van der Waals surface area contributed by atoms with Gasteiger partial charge in [0.25, 0.3) is 11.1 Å². The van der Waals surface area contributed by atoms with Crippen molar-refractivity contribution in [3.63, 3.8) is 0 Å². The zero-order chi connectivity index (χ0) is 25.9. The lowest BCUT2D eigenvalue weighted by atomic mass is 10.1. The van der Waals surface area contributed by atoms with Crippen LogP contribution in [0.2, 0.25) is 0 Å². The number of rotatable bonds is 7. The number of thioether (sulfide) groups is 1. The number of carbonyl (C=O) groups is 2. The third kappa shape index (κ3) is 6.03. The maximum atomic E-state index is 13.4. The quantitative estimate of drug-likeness (QED) is 0.229. The number of halogens is 3. The lowest BCUT2D eigenvalue weighted by Crippen LogP contribution is -2.61. The van der Waals surface area contributed by atoms with Crippen LogP contribution in [0.25, 0.3) is 6.08 Å². The first-order valence-corrected chi connectivity index (χ1v) is 13.4. The molecule has 0 aromatic heterocycles. The van der Waals surface area contributed by atoms with E-state index in [-0.39, 0.29) is 4.91 Å². The minimum atomic E-state index is -1.89. The maximum absolute atomic E-state index is 13.4. The molecule has 1 atom stereocenters. The average molecular weight is 567 g/mol. The highest BCUT2D eigenvalue weighted by Crippen LogP contribution is 2.43. The van der Waals surface area contributed by atoms with Crippen molar-refractivity contribution in [3.05, 3.63) is 77.2 Å². The van der Waals surface area contributed by atoms with Crippen LogP contribution in [0, 0.1) is 6.92 Å². The highest BCUT2D eigenvalue weighted by molar-refractivity contribution is 8.18. The Bertz CT molecular complexity index is 1160. The second kappa shape index (κ2) is 11.5.